The summed E-state index contributed by atoms with van der Waals surface area (Å²) in [5.74, 6) is -4.64. The van der Waals surface area contributed by atoms with E-state index in [0.29, 0.717) is 0 Å². The summed E-state index contributed by atoms with van der Waals surface area (Å²) >= 11 is 0. The van der Waals surface area contributed by atoms with E-state index >= 15 is 0 Å². The topological polar surface area (TPSA) is 0 Å². The van der Waals surface area contributed by atoms with Crippen molar-refractivity contribution in [1.82, 2.24) is 0 Å². The second-order valence-electron chi connectivity index (χ2n) is 10.5. The van der Waals surface area contributed by atoms with Crippen LogP contribution in [0, 0.1) is 0 Å². The fraction of sp³-hybridized carbons (Fsp3) is 1.00. The fourth-order valence-corrected chi connectivity index (χ4v) is 102. The van der Waals surface area contributed by atoms with Gasteiger partial charge in [0.05, 0.1) is 0 Å². The van der Waals surface area contributed by atoms with Crippen molar-refractivity contribution in [3.63, 3.8) is 0 Å². The van der Waals surface area contributed by atoms with E-state index in [-0.39, 0.29) is 0 Å². The van der Waals surface area contributed by atoms with E-state index in [2.05, 4.69) is 62.3 Å². The molecule has 0 N–H and O–H groups in total. The van der Waals surface area contributed by atoms with Crippen LogP contribution in [0.2, 0.25) is 0 Å². The van der Waals surface area contributed by atoms with Crippen LogP contribution in [0.25, 0.3) is 0 Å². The van der Waals surface area contributed by atoms with E-state index in [1.807, 2.05) is 0 Å². The molecule has 205 valence electrons. The summed E-state index contributed by atoms with van der Waals surface area (Å²) in [4.78, 5) is 0. The van der Waals surface area contributed by atoms with Crippen molar-refractivity contribution in [3.05, 3.63) is 0 Å². The third-order valence-electron chi connectivity index (χ3n) is 7.64. The van der Waals surface area contributed by atoms with Crippen molar-refractivity contribution >= 4 is 28.1 Å². The molecule has 0 atom stereocenters. The molecule has 0 radical (unpaired) electrons. The molecule has 0 rings (SSSR count). The van der Waals surface area contributed by atoms with Crippen LogP contribution >= 0.6 is 28.1 Å². The standard InChI is InChI=1S/3C9H21P.ClH.Co/c3*1-4-7-10(8-5-2)9-6-3;;/h3*4-9H2,1-3H3;1H;/q;;;;-2/p+2. The van der Waals surface area contributed by atoms with E-state index in [1.165, 1.54) is 57.8 Å². The summed E-state index contributed by atoms with van der Waals surface area (Å²) in [5.41, 5.74) is 0. The molecular weight excluding hydrogens is 512 g/mol. The molecule has 0 aliphatic carbocycles. The molecule has 0 saturated heterocycles. The van der Waals surface area contributed by atoms with Gasteiger partial charge < -0.3 is 0 Å². The molecule has 0 bridgehead atoms. The van der Waals surface area contributed by atoms with Crippen molar-refractivity contribution in [1.29, 1.82) is 0 Å². The first-order valence-electron chi connectivity index (χ1n) is 14.7. The van der Waals surface area contributed by atoms with Gasteiger partial charge in [0.2, 0.25) is 0 Å². The summed E-state index contributed by atoms with van der Waals surface area (Å²) in [7, 11) is 7.59. The van der Waals surface area contributed by atoms with Gasteiger partial charge in [-0.2, -0.15) is 0 Å². The van der Waals surface area contributed by atoms with Crippen LogP contribution in [0.1, 0.15) is 120 Å². The first-order chi connectivity index (χ1) is 15.3. The van der Waals surface area contributed by atoms with E-state index in [0.717, 1.165) is 0 Å². The van der Waals surface area contributed by atoms with Crippen LogP contribution in [0.3, 0.4) is 0 Å². The van der Waals surface area contributed by atoms with Crippen molar-refractivity contribution in [2.75, 3.05) is 55.5 Å². The quantitative estimate of drug-likeness (QED) is 0.119. The number of hydrogen-bond acceptors (Lipinski definition) is 0. The van der Waals surface area contributed by atoms with Crippen LogP contribution in [0.5, 0.6) is 0 Å². The Bertz CT molecular complexity index is 356. The van der Waals surface area contributed by atoms with Crippen LogP contribution in [0.4, 0.5) is 0 Å². The Morgan fingerprint density at radius 1 is 0.344 bits per heavy atom. The molecule has 0 aliphatic heterocycles. The molecule has 0 nitrogen and oxygen atoms in total. The van der Waals surface area contributed by atoms with Crippen molar-refractivity contribution < 1.29 is 10.4 Å². The molecule has 0 unspecified atom stereocenters. The van der Waals surface area contributed by atoms with Gasteiger partial charge in [0.25, 0.3) is 0 Å². The van der Waals surface area contributed by atoms with Crippen LogP contribution < -0.4 is 0 Å². The Morgan fingerprint density at radius 3 is 0.562 bits per heavy atom. The molecule has 0 fully saturated rings. The normalized spacial score (nSPS) is 17.7. The predicted molar refractivity (Wildman–Crippen MR) is 167 cm³/mol. The minimum absolute atomic E-state index is 1.39. The predicted octanol–water partition coefficient (Wildman–Crippen LogP) is 11.0. The van der Waals surface area contributed by atoms with Crippen LogP contribution in [-0.2, 0) is 10.4 Å². The van der Waals surface area contributed by atoms with Gasteiger partial charge in [0, 0.05) is 0 Å². The van der Waals surface area contributed by atoms with E-state index in [9.17, 15) is 0 Å². The van der Waals surface area contributed by atoms with Gasteiger partial charge in [-0.1, -0.05) is 0 Å². The molecule has 0 aromatic rings. The fourth-order valence-electron chi connectivity index (χ4n) is 7.22. The zero-order valence-electron chi connectivity index (χ0n) is 23.9. The van der Waals surface area contributed by atoms with Crippen molar-refractivity contribution in [3.8, 4) is 0 Å². The van der Waals surface area contributed by atoms with Gasteiger partial charge in [0.15, 0.2) is 0 Å². The zero-order valence-corrected chi connectivity index (χ0v) is 28.7. The number of halogens is 1. The van der Waals surface area contributed by atoms with Crippen LogP contribution in [-0.4, -0.2) is 55.5 Å². The van der Waals surface area contributed by atoms with Gasteiger partial charge in [-0.15, -0.1) is 0 Å². The Hall–Kier alpha value is 2.09. The number of hydrogen-bond donors (Lipinski definition) is 0. The van der Waals surface area contributed by atoms with Gasteiger partial charge in [-0.25, -0.2) is 0 Å². The van der Waals surface area contributed by atoms with Gasteiger partial charge >= 0.3 is 214 Å². The Kier molecular flexibility index (Phi) is 18.7. The summed E-state index contributed by atoms with van der Waals surface area (Å²) in [6.45, 7) is 22.5. The summed E-state index contributed by atoms with van der Waals surface area (Å²) in [6.07, 6.45) is 26.6. The molecule has 0 heterocycles. The Labute approximate surface area is 213 Å². The SMILES string of the molecule is CCC[PH](CCC)(CCC)[Co]([Cl])([PH](CCC)(CCC)CCC)[PH](CCC)(CCC)CCC. The molecule has 32 heavy (non-hydrogen) atoms. The number of rotatable bonds is 21. The average Bonchev–Trinajstić information content (AvgIpc) is 2.74. The second kappa shape index (κ2) is 17.5. The third kappa shape index (κ3) is 7.32. The maximum absolute atomic E-state index is 9.01. The first-order valence-corrected chi connectivity index (χ1v) is 28.2. The molecule has 0 aliphatic rings. The van der Waals surface area contributed by atoms with Gasteiger partial charge in [-0.05, 0) is 0 Å². The molecule has 0 aromatic heterocycles. The second-order valence-corrected chi connectivity index (χ2v) is 47.4. The third-order valence-corrected chi connectivity index (χ3v) is 79.8. The summed E-state index contributed by atoms with van der Waals surface area (Å²) < 4.78 is 0. The Morgan fingerprint density at radius 2 is 0.469 bits per heavy atom. The van der Waals surface area contributed by atoms with E-state index in [4.69, 9.17) is 10.1 Å². The summed E-state index contributed by atoms with van der Waals surface area (Å²) in [6, 6.07) is 0. The van der Waals surface area contributed by atoms with Gasteiger partial charge in [-0.3, -0.25) is 0 Å². The Balaban J connectivity index is 7.63. The maximum atomic E-state index is 9.01. The molecule has 0 amide bonds. The van der Waals surface area contributed by atoms with E-state index in [1.54, 1.807) is 55.5 Å². The summed E-state index contributed by atoms with van der Waals surface area (Å²) in [5, 5.41) is 0. The van der Waals surface area contributed by atoms with E-state index < -0.39 is 28.4 Å². The van der Waals surface area contributed by atoms with Crippen LogP contribution in [0.15, 0.2) is 0 Å². The molecule has 0 aromatic carbocycles. The average molecular weight is 578 g/mol. The van der Waals surface area contributed by atoms with Gasteiger partial charge in [0.1, 0.15) is 0 Å². The molecule has 0 saturated carbocycles. The van der Waals surface area contributed by atoms with Crippen molar-refractivity contribution in [2.45, 2.75) is 120 Å². The molecular formula is C27H66ClCoP3. The molecule has 0 spiro atoms. The monoisotopic (exact) mass is 577 g/mol. The minimum atomic E-state index is -1.55. The molecule has 5 heteroatoms. The zero-order chi connectivity index (χ0) is 24.7. The van der Waals surface area contributed by atoms with Crippen molar-refractivity contribution in [2.24, 2.45) is 0 Å². The first kappa shape index (κ1) is 34.1.